The van der Waals surface area contributed by atoms with Gasteiger partial charge in [-0.15, -0.1) is 0 Å². The quantitative estimate of drug-likeness (QED) is 0.462. The second-order valence-corrected chi connectivity index (χ2v) is 7.72. The summed E-state index contributed by atoms with van der Waals surface area (Å²) in [5, 5.41) is 28.7. The van der Waals surface area contributed by atoms with Gasteiger partial charge in [0.2, 0.25) is 0 Å². The molecule has 6 heteroatoms. The Morgan fingerprint density at radius 1 is 0.968 bits per heavy atom. The molecule has 1 heterocycles. The summed E-state index contributed by atoms with van der Waals surface area (Å²) < 4.78 is 7.45. The predicted molar refractivity (Wildman–Crippen MR) is 122 cm³/mol. The lowest BCUT2D eigenvalue weighted by Gasteiger charge is -2.16. The van der Waals surface area contributed by atoms with Crippen LogP contribution in [-0.4, -0.2) is 44.7 Å². The molecule has 0 spiro atoms. The summed E-state index contributed by atoms with van der Waals surface area (Å²) in [4.78, 5) is 4.16. The lowest BCUT2D eigenvalue weighted by atomic mass is 10.0. The summed E-state index contributed by atoms with van der Waals surface area (Å²) in [6.45, 7) is 4.11. The molecule has 0 saturated heterocycles. The van der Waals surface area contributed by atoms with Crippen molar-refractivity contribution >= 4 is 6.08 Å². The van der Waals surface area contributed by atoms with Gasteiger partial charge in [0.25, 0.3) is 0 Å². The molecule has 31 heavy (non-hydrogen) atoms. The first-order valence-electron chi connectivity index (χ1n) is 10.5. The van der Waals surface area contributed by atoms with Gasteiger partial charge in [0.1, 0.15) is 17.7 Å². The van der Waals surface area contributed by atoms with Crippen molar-refractivity contribution in [1.82, 2.24) is 9.55 Å². The molecular formula is C25H30N2O4. The van der Waals surface area contributed by atoms with E-state index in [9.17, 15) is 10.2 Å². The number of aliphatic hydroxyl groups excluding tert-OH is 3. The molecule has 0 aliphatic rings. The van der Waals surface area contributed by atoms with Crippen LogP contribution in [0.2, 0.25) is 0 Å². The second-order valence-electron chi connectivity index (χ2n) is 7.72. The first kappa shape index (κ1) is 22.7. The first-order valence-corrected chi connectivity index (χ1v) is 10.5. The molecule has 3 unspecified atom stereocenters. The molecule has 0 saturated carbocycles. The fraction of sp³-hybridized carbons (Fsp3) is 0.320. The van der Waals surface area contributed by atoms with Crippen LogP contribution in [0.1, 0.15) is 37.4 Å². The number of imidazole rings is 1. The molecule has 0 aliphatic carbocycles. The molecule has 1 aromatic heterocycles. The Kier molecular flexibility index (Phi) is 8.00. The third-order valence-electron chi connectivity index (χ3n) is 5.07. The first-order chi connectivity index (χ1) is 15.0. The van der Waals surface area contributed by atoms with Gasteiger partial charge in [0.15, 0.2) is 0 Å². The molecule has 3 aromatic rings. The minimum atomic E-state index is -0.702. The minimum absolute atomic E-state index is 0.0871. The topological polar surface area (TPSA) is 87.7 Å². The SMILES string of the molecule is CC(CO)COc1ccc(-c2ccc(/C=C/C(CO)n3ccnc3C(C)O)cc2)cc1. The van der Waals surface area contributed by atoms with Gasteiger partial charge in [-0.05, 0) is 35.7 Å². The lowest BCUT2D eigenvalue weighted by molar-refractivity contribution is 0.174. The van der Waals surface area contributed by atoms with Crippen LogP contribution in [0.5, 0.6) is 5.75 Å². The van der Waals surface area contributed by atoms with Crippen molar-refractivity contribution < 1.29 is 20.1 Å². The van der Waals surface area contributed by atoms with E-state index in [1.165, 1.54) is 0 Å². The van der Waals surface area contributed by atoms with E-state index < -0.39 is 6.10 Å². The highest BCUT2D eigenvalue weighted by molar-refractivity contribution is 5.66. The van der Waals surface area contributed by atoms with Crippen molar-refractivity contribution in [2.45, 2.75) is 26.0 Å². The Morgan fingerprint density at radius 2 is 1.61 bits per heavy atom. The molecule has 3 N–H and O–H groups in total. The van der Waals surface area contributed by atoms with Crippen LogP contribution >= 0.6 is 0 Å². The van der Waals surface area contributed by atoms with E-state index in [1.54, 1.807) is 23.9 Å². The highest BCUT2D eigenvalue weighted by atomic mass is 16.5. The summed E-state index contributed by atoms with van der Waals surface area (Å²) in [7, 11) is 0. The molecule has 3 rings (SSSR count). The van der Waals surface area contributed by atoms with E-state index in [-0.39, 0.29) is 25.2 Å². The van der Waals surface area contributed by atoms with Crippen LogP contribution < -0.4 is 4.74 Å². The van der Waals surface area contributed by atoms with E-state index in [0.29, 0.717) is 12.4 Å². The monoisotopic (exact) mass is 422 g/mol. The van der Waals surface area contributed by atoms with Crippen molar-refractivity contribution in [2.24, 2.45) is 5.92 Å². The Labute approximate surface area is 183 Å². The second kappa shape index (κ2) is 10.9. The fourth-order valence-electron chi connectivity index (χ4n) is 3.21. The van der Waals surface area contributed by atoms with Gasteiger partial charge in [-0.1, -0.05) is 55.5 Å². The average molecular weight is 423 g/mol. The molecular weight excluding hydrogens is 392 g/mol. The molecule has 0 fully saturated rings. The van der Waals surface area contributed by atoms with Crippen LogP contribution in [-0.2, 0) is 0 Å². The number of aromatic nitrogens is 2. The van der Waals surface area contributed by atoms with Crippen molar-refractivity contribution in [2.75, 3.05) is 19.8 Å². The maximum absolute atomic E-state index is 9.84. The van der Waals surface area contributed by atoms with E-state index in [4.69, 9.17) is 9.84 Å². The van der Waals surface area contributed by atoms with Gasteiger partial charge in [-0.2, -0.15) is 0 Å². The van der Waals surface area contributed by atoms with Gasteiger partial charge in [0, 0.05) is 24.9 Å². The maximum Gasteiger partial charge on any atom is 0.137 e. The number of rotatable bonds is 10. The third kappa shape index (κ3) is 6.04. The van der Waals surface area contributed by atoms with Crippen molar-refractivity contribution in [3.05, 3.63) is 78.4 Å². The van der Waals surface area contributed by atoms with Crippen molar-refractivity contribution in [1.29, 1.82) is 0 Å². The molecule has 0 amide bonds. The van der Waals surface area contributed by atoms with Crippen LogP contribution in [0.15, 0.2) is 67.0 Å². The molecule has 0 radical (unpaired) electrons. The zero-order chi connectivity index (χ0) is 22.2. The Bertz CT molecular complexity index is 962. The van der Waals surface area contributed by atoms with E-state index in [1.807, 2.05) is 55.5 Å². The summed E-state index contributed by atoms with van der Waals surface area (Å²) in [5.41, 5.74) is 3.20. The number of ether oxygens (including phenoxy) is 1. The molecule has 164 valence electrons. The molecule has 6 nitrogen and oxygen atoms in total. The zero-order valence-electron chi connectivity index (χ0n) is 17.9. The Hall–Kier alpha value is -2.93. The van der Waals surface area contributed by atoms with Gasteiger partial charge in [-0.25, -0.2) is 4.98 Å². The number of hydrogen-bond donors (Lipinski definition) is 3. The number of benzene rings is 2. The zero-order valence-corrected chi connectivity index (χ0v) is 17.9. The highest BCUT2D eigenvalue weighted by Gasteiger charge is 2.14. The molecule has 0 bridgehead atoms. The van der Waals surface area contributed by atoms with Gasteiger partial charge >= 0.3 is 0 Å². The molecule has 3 atom stereocenters. The van der Waals surface area contributed by atoms with Crippen LogP contribution in [0, 0.1) is 5.92 Å². The highest BCUT2D eigenvalue weighted by Crippen LogP contribution is 2.24. The minimum Gasteiger partial charge on any atom is -0.493 e. The Morgan fingerprint density at radius 3 is 2.19 bits per heavy atom. The summed E-state index contributed by atoms with van der Waals surface area (Å²) in [6, 6.07) is 15.8. The third-order valence-corrected chi connectivity index (χ3v) is 5.07. The van der Waals surface area contributed by atoms with Crippen LogP contribution in [0.4, 0.5) is 0 Å². The molecule has 0 aliphatic heterocycles. The summed E-state index contributed by atoms with van der Waals surface area (Å²) in [6.07, 6.45) is 6.54. The number of nitrogens with zero attached hydrogens (tertiary/aromatic N) is 2. The number of aliphatic hydroxyl groups is 3. The van der Waals surface area contributed by atoms with Gasteiger partial charge < -0.3 is 24.6 Å². The van der Waals surface area contributed by atoms with Crippen molar-refractivity contribution in [3.8, 4) is 16.9 Å². The van der Waals surface area contributed by atoms with Crippen LogP contribution in [0.25, 0.3) is 17.2 Å². The van der Waals surface area contributed by atoms with Gasteiger partial charge in [-0.3, -0.25) is 0 Å². The normalized spacial score (nSPS) is 14.5. The summed E-state index contributed by atoms with van der Waals surface area (Å²) in [5.74, 6) is 1.42. The average Bonchev–Trinajstić information content (AvgIpc) is 3.29. The van der Waals surface area contributed by atoms with E-state index in [2.05, 4.69) is 17.1 Å². The van der Waals surface area contributed by atoms with Crippen LogP contribution in [0.3, 0.4) is 0 Å². The van der Waals surface area contributed by atoms with Gasteiger partial charge in [0.05, 0.1) is 19.3 Å². The molecule has 2 aromatic carbocycles. The smallest absolute Gasteiger partial charge is 0.137 e. The lowest BCUT2D eigenvalue weighted by Crippen LogP contribution is -2.14. The standard InChI is InChI=1S/C25H30N2O4/c1-18(15-28)17-31-24-11-8-22(9-12-24)21-6-3-20(4-7-21)5-10-23(16-29)27-14-13-26-25(27)19(2)30/h3-14,18-19,23,28-30H,15-17H2,1-2H3/b10-5+. The maximum atomic E-state index is 9.84. The number of hydrogen-bond acceptors (Lipinski definition) is 5. The Balaban J connectivity index is 1.66. The van der Waals surface area contributed by atoms with Crippen molar-refractivity contribution in [3.63, 3.8) is 0 Å². The van der Waals surface area contributed by atoms with E-state index in [0.717, 1.165) is 22.4 Å². The van der Waals surface area contributed by atoms with E-state index >= 15 is 0 Å². The summed E-state index contributed by atoms with van der Waals surface area (Å²) >= 11 is 0. The predicted octanol–water partition coefficient (Wildman–Crippen LogP) is 3.86. The largest absolute Gasteiger partial charge is 0.493 e. The fourth-order valence-corrected chi connectivity index (χ4v) is 3.21.